The zero-order chi connectivity index (χ0) is 18.1. The Morgan fingerprint density at radius 2 is 1.83 bits per heavy atom. The first-order valence-corrected chi connectivity index (χ1v) is 9.02. The largest absolute Gasteiger partial charge is 0.330 e. The number of hydrogen-bond acceptors (Lipinski definition) is 4. The lowest BCUT2D eigenvalue weighted by Gasteiger charge is -2.15. The molecule has 0 aliphatic heterocycles. The number of hydrogen-bond donors (Lipinski definition) is 1. The number of aromatic nitrogens is 2. The maximum absolute atomic E-state index is 12.5. The molecule has 0 aliphatic rings. The van der Waals surface area contributed by atoms with Crippen LogP contribution in [0.5, 0.6) is 0 Å². The molecular formula is C15H18ClN3O4S. The van der Waals surface area contributed by atoms with Gasteiger partial charge in [0.25, 0.3) is 5.56 Å². The molecule has 0 radical (unpaired) electrons. The van der Waals surface area contributed by atoms with Crippen molar-refractivity contribution in [2.24, 2.45) is 14.1 Å². The first-order chi connectivity index (χ1) is 11.1. The number of rotatable bonds is 5. The van der Waals surface area contributed by atoms with E-state index >= 15 is 0 Å². The minimum atomic E-state index is -4.07. The molecule has 0 saturated carbocycles. The van der Waals surface area contributed by atoms with Crippen molar-refractivity contribution in [1.82, 2.24) is 13.9 Å². The number of aryl methyl sites for hydroxylation is 1. The van der Waals surface area contributed by atoms with Gasteiger partial charge in [-0.1, -0.05) is 29.8 Å². The summed E-state index contributed by atoms with van der Waals surface area (Å²) in [5.41, 5.74) is -0.665. The SMILES string of the molecule is C[C@H](Cc1ccccc1Cl)NS(=O)(=O)c1cn(C)c(=O)n(C)c1=O. The van der Waals surface area contributed by atoms with Gasteiger partial charge in [0.05, 0.1) is 0 Å². The molecule has 7 nitrogen and oxygen atoms in total. The van der Waals surface area contributed by atoms with Gasteiger partial charge < -0.3 is 4.57 Å². The normalized spacial score (nSPS) is 13.0. The van der Waals surface area contributed by atoms with E-state index < -0.39 is 32.2 Å². The fourth-order valence-corrected chi connectivity index (χ4v) is 3.94. The Hall–Kier alpha value is -1.90. The van der Waals surface area contributed by atoms with Crippen LogP contribution >= 0.6 is 11.6 Å². The zero-order valence-electron chi connectivity index (χ0n) is 13.5. The molecule has 130 valence electrons. The fourth-order valence-electron chi connectivity index (χ4n) is 2.32. The van der Waals surface area contributed by atoms with E-state index in [4.69, 9.17) is 11.6 Å². The topological polar surface area (TPSA) is 90.2 Å². The minimum absolute atomic E-state index is 0.366. The molecular weight excluding hydrogens is 354 g/mol. The second-order valence-electron chi connectivity index (χ2n) is 5.57. The molecule has 2 rings (SSSR count). The van der Waals surface area contributed by atoms with Gasteiger partial charge in [-0.3, -0.25) is 9.36 Å². The van der Waals surface area contributed by atoms with Crippen LogP contribution in [0.15, 0.2) is 44.9 Å². The molecule has 1 atom stereocenters. The molecule has 0 bridgehead atoms. The van der Waals surface area contributed by atoms with E-state index in [0.29, 0.717) is 11.4 Å². The van der Waals surface area contributed by atoms with Crippen molar-refractivity contribution in [3.63, 3.8) is 0 Å². The van der Waals surface area contributed by atoms with Gasteiger partial charge in [0, 0.05) is 31.4 Å². The van der Waals surface area contributed by atoms with Gasteiger partial charge in [0.2, 0.25) is 10.0 Å². The summed E-state index contributed by atoms with van der Waals surface area (Å²) in [5, 5.41) is 0.543. The van der Waals surface area contributed by atoms with Crippen molar-refractivity contribution in [1.29, 1.82) is 0 Å². The van der Waals surface area contributed by atoms with E-state index in [1.54, 1.807) is 25.1 Å². The molecule has 0 fully saturated rings. The Morgan fingerprint density at radius 1 is 1.21 bits per heavy atom. The van der Waals surface area contributed by atoms with Crippen LogP contribution in [-0.4, -0.2) is 23.6 Å². The first kappa shape index (κ1) is 18.4. The van der Waals surface area contributed by atoms with E-state index in [1.165, 1.54) is 14.1 Å². The Balaban J connectivity index is 2.31. The van der Waals surface area contributed by atoms with Crippen LogP contribution in [0.1, 0.15) is 12.5 Å². The summed E-state index contributed by atoms with van der Waals surface area (Å²) >= 11 is 6.07. The molecule has 1 heterocycles. The highest BCUT2D eigenvalue weighted by Gasteiger charge is 2.23. The van der Waals surface area contributed by atoms with E-state index in [-0.39, 0.29) is 0 Å². The van der Waals surface area contributed by atoms with Crippen LogP contribution in [0, 0.1) is 0 Å². The summed E-state index contributed by atoms with van der Waals surface area (Å²) in [6, 6.07) is 6.64. The fraction of sp³-hybridized carbons (Fsp3) is 0.333. The lowest BCUT2D eigenvalue weighted by atomic mass is 10.1. The molecule has 1 aromatic carbocycles. The highest BCUT2D eigenvalue weighted by Crippen LogP contribution is 2.17. The quantitative estimate of drug-likeness (QED) is 0.835. The Kier molecular flexibility index (Phi) is 5.32. The Labute approximate surface area is 144 Å². The van der Waals surface area contributed by atoms with Crippen molar-refractivity contribution < 1.29 is 8.42 Å². The van der Waals surface area contributed by atoms with Crippen molar-refractivity contribution in [2.75, 3.05) is 0 Å². The van der Waals surface area contributed by atoms with Crippen molar-refractivity contribution in [3.05, 3.63) is 61.9 Å². The van der Waals surface area contributed by atoms with Gasteiger partial charge in [-0.25, -0.2) is 17.9 Å². The molecule has 0 spiro atoms. The van der Waals surface area contributed by atoms with E-state index in [2.05, 4.69) is 4.72 Å². The van der Waals surface area contributed by atoms with Gasteiger partial charge in [-0.2, -0.15) is 0 Å². The van der Waals surface area contributed by atoms with Crippen LogP contribution < -0.4 is 16.0 Å². The van der Waals surface area contributed by atoms with Crippen LogP contribution in [0.4, 0.5) is 0 Å². The zero-order valence-corrected chi connectivity index (χ0v) is 15.1. The first-order valence-electron chi connectivity index (χ1n) is 7.16. The van der Waals surface area contributed by atoms with Crippen molar-refractivity contribution >= 4 is 21.6 Å². The van der Waals surface area contributed by atoms with E-state index in [0.717, 1.165) is 20.9 Å². The summed E-state index contributed by atoms with van der Waals surface area (Å²) in [5.74, 6) is 0. The molecule has 1 aromatic heterocycles. The Morgan fingerprint density at radius 3 is 2.46 bits per heavy atom. The summed E-state index contributed by atoms with van der Waals surface area (Å²) in [6.45, 7) is 1.67. The second kappa shape index (κ2) is 6.92. The molecule has 24 heavy (non-hydrogen) atoms. The maximum Gasteiger partial charge on any atom is 0.330 e. The summed E-state index contributed by atoms with van der Waals surface area (Å²) in [4.78, 5) is 23.3. The number of nitrogens with one attached hydrogen (secondary N) is 1. The molecule has 2 aromatic rings. The number of nitrogens with zero attached hydrogens (tertiary/aromatic N) is 2. The monoisotopic (exact) mass is 371 g/mol. The van der Waals surface area contributed by atoms with Crippen LogP contribution in [-0.2, 0) is 30.5 Å². The van der Waals surface area contributed by atoms with Crippen LogP contribution in [0.3, 0.4) is 0 Å². The van der Waals surface area contributed by atoms with Gasteiger partial charge in [0.15, 0.2) is 4.90 Å². The van der Waals surface area contributed by atoms with Gasteiger partial charge in [0.1, 0.15) is 0 Å². The Bertz CT molecular complexity index is 979. The second-order valence-corrected chi connectivity index (χ2v) is 7.66. The van der Waals surface area contributed by atoms with Crippen molar-refractivity contribution in [2.45, 2.75) is 24.3 Å². The third-order valence-corrected chi connectivity index (χ3v) is 5.49. The standard InChI is InChI=1S/C15H18ClN3O4S/c1-10(8-11-6-4-5-7-12(11)16)17-24(22,23)13-9-18(2)15(21)19(3)14(13)20/h4-7,9-10,17H,8H2,1-3H3/t10-/m1/s1. The van der Waals surface area contributed by atoms with E-state index in [9.17, 15) is 18.0 Å². The average Bonchev–Trinajstić information content (AvgIpc) is 2.50. The third kappa shape index (κ3) is 3.77. The number of sulfonamides is 1. The molecule has 0 unspecified atom stereocenters. The maximum atomic E-state index is 12.5. The van der Waals surface area contributed by atoms with Crippen LogP contribution in [0.2, 0.25) is 5.02 Å². The summed E-state index contributed by atoms with van der Waals surface area (Å²) in [7, 11) is -1.46. The lowest BCUT2D eigenvalue weighted by molar-refractivity contribution is 0.551. The summed E-state index contributed by atoms with van der Waals surface area (Å²) in [6.07, 6.45) is 1.39. The third-order valence-electron chi connectivity index (χ3n) is 3.54. The molecule has 0 aliphatic carbocycles. The van der Waals surface area contributed by atoms with Gasteiger partial charge in [-0.15, -0.1) is 0 Å². The van der Waals surface area contributed by atoms with Gasteiger partial charge >= 0.3 is 5.69 Å². The highest BCUT2D eigenvalue weighted by molar-refractivity contribution is 7.89. The number of halogens is 1. The van der Waals surface area contributed by atoms with Crippen molar-refractivity contribution in [3.8, 4) is 0 Å². The van der Waals surface area contributed by atoms with Gasteiger partial charge in [-0.05, 0) is 25.0 Å². The average molecular weight is 372 g/mol. The predicted octanol–water partition coefficient (Wildman–Crippen LogP) is 0.647. The number of benzene rings is 1. The van der Waals surface area contributed by atoms with E-state index in [1.807, 2.05) is 6.07 Å². The molecule has 0 saturated heterocycles. The molecule has 9 heteroatoms. The predicted molar refractivity (Wildman–Crippen MR) is 91.9 cm³/mol. The molecule has 0 amide bonds. The smallest absolute Gasteiger partial charge is 0.302 e. The lowest BCUT2D eigenvalue weighted by Crippen LogP contribution is -2.43. The summed E-state index contributed by atoms with van der Waals surface area (Å²) < 4.78 is 29.2. The van der Waals surface area contributed by atoms with Crippen LogP contribution in [0.25, 0.3) is 0 Å². The minimum Gasteiger partial charge on any atom is -0.302 e. The molecule has 1 N–H and O–H groups in total. The highest BCUT2D eigenvalue weighted by atomic mass is 35.5.